The first-order valence-electron chi connectivity index (χ1n) is 6.88. The third-order valence-electron chi connectivity index (χ3n) is 3.62. The molecule has 4 nitrogen and oxygen atoms in total. The van der Waals surface area contributed by atoms with Crippen LogP contribution >= 0.6 is 27.3 Å². The standard InChI is InChI=1S/C14H21BrN2O2S/c1-10(12-3-4-13(15)20-12)16-11-5-7-17(8-6-11)14(18)9-19-2/h3-4,10-11,16H,5-9H2,1-2H3. The molecule has 1 aliphatic heterocycles. The van der Waals surface area contributed by atoms with Crippen LogP contribution in [0.3, 0.4) is 0 Å². The highest BCUT2D eigenvalue weighted by atomic mass is 79.9. The molecule has 1 amide bonds. The number of thiophene rings is 1. The van der Waals surface area contributed by atoms with E-state index < -0.39 is 0 Å². The molecule has 0 saturated carbocycles. The van der Waals surface area contributed by atoms with Crippen LogP contribution < -0.4 is 5.32 Å². The number of methoxy groups -OCH3 is 1. The van der Waals surface area contributed by atoms with Gasteiger partial charge >= 0.3 is 0 Å². The summed E-state index contributed by atoms with van der Waals surface area (Å²) in [5.41, 5.74) is 0. The van der Waals surface area contributed by atoms with Gasteiger partial charge in [0.1, 0.15) is 6.61 Å². The zero-order chi connectivity index (χ0) is 14.5. The minimum atomic E-state index is 0.0983. The number of nitrogens with one attached hydrogen (secondary N) is 1. The van der Waals surface area contributed by atoms with E-state index in [4.69, 9.17) is 4.74 Å². The van der Waals surface area contributed by atoms with Crippen LogP contribution in [0.15, 0.2) is 15.9 Å². The van der Waals surface area contributed by atoms with Crippen molar-refractivity contribution >= 4 is 33.2 Å². The van der Waals surface area contributed by atoms with Gasteiger partial charge in [-0.05, 0) is 47.8 Å². The monoisotopic (exact) mass is 360 g/mol. The number of rotatable bonds is 5. The number of hydrogen-bond acceptors (Lipinski definition) is 4. The van der Waals surface area contributed by atoms with Gasteiger partial charge in [-0.2, -0.15) is 0 Å². The summed E-state index contributed by atoms with van der Waals surface area (Å²) < 4.78 is 6.07. The summed E-state index contributed by atoms with van der Waals surface area (Å²) >= 11 is 5.27. The molecule has 6 heteroatoms. The molecule has 1 aromatic heterocycles. The Kier molecular flexibility index (Phi) is 6.01. The fourth-order valence-electron chi connectivity index (χ4n) is 2.51. The second-order valence-electron chi connectivity index (χ2n) is 5.12. The molecule has 0 aromatic carbocycles. The highest BCUT2D eigenvalue weighted by Crippen LogP contribution is 2.28. The van der Waals surface area contributed by atoms with Gasteiger partial charge < -0.3 is 15.0 Å². The van der Waals surface area contributed by atoms with Crippen molar-refractivity contribution in [2.24, 2.45) is 0 Å². The number of likely N-dealkylation sites (tertiary alicyclic amines) is 1. The molecular formula is C14H21BrN2O2S. The lowest BCUT2D eigenvalue weighted by molar-refractivity contribution is -0.136. The molecule has 0 bridgehead atoms. The Bertz CT molecular complexity index is 444. The van der Waals surface area contributed by atoms with Crippen LogP contribution in [0.25, 0.3) is 0 Å². The average Bonchev–Trinajstić information content (AvgIpc) is 2.86. The third kappa shape index (κ3) is 4.28. The summed E-state index contributed by atoms with van der Waals surface area (Å²) in [4.78, 5) is 15.0. The summed E-state index contributed by atoms with van der Waals surface area (Å²) in [6, 6.07) is 5.09. The molecular weight excluding hydrogens is 340 g/mol. The zero-order valence-corrected chi connectivity index (χ0v) is 14.3. The quantitative estimate of drug-likeness (QED) is 0.877. The van der Waals surface area contributed by atoms with E-state index in [1.165, 1.54) is 8.66 Å². The Morgan fingerprint density at radius 3 is 2.80 bits per heavy atom. The number of nitrogens with zero attached hydrogens (tertiary/aromatic N) is 1. The highest BCUT2D eigenvalue weighted by molar-refractivity contribution is 9.11. The van der Waals surface area contributed by atoms with Crippen LogP contribution in [0, 0.1) is 0 Å². The highest BCUT2D eigenvalue weighted by Gasteiger charge is 2.23. The molecule has 1 saturated heterocycles. The Hall–Kier alpha value is -0.430. The van der Waals surface area contributed by atoms with Crippen molar-refractivity contribution in [3.63, 3.8) is 0 Å². The minimum Gasteiger partial charge on any atom is -0.375 e. The summed E-state index contributed by atoms with van der Waals surface area (Å²) in [6.45, 7) is 4.03. The maximum absolute atomic E-state index is 11.7. The predicted octanol–water partition coefficient (Wildman–Crippen LogP) is 2.80. The number of piperidine rings is 1. The molecule has 1 atom stereocenters. The first-order chi connectivity index (χ1) is 9.60. The largest absolute Gasteiger partial charge is 0.375 e. The molecule has 1 aliphatic rings. The molecule has 1 fully saturated rings. The summed E-state index contributed by atoms with van der Waals surface area (Å²) in [6.07, 6.45) is 2.01. The van der Waals surface area contributed by atoms with E-state index in [0.29, 0.717) is 12.1 Å². The molecule has 2 rings (SSSR count). The van der Waals surface area contributed by atoms with E-state index in [1.54, 1.807) is 18.4 Å². The van der Waals surface area contributed by atoms with Crippen LogP contribution in [0.1, 0.15) is 30.7 Å². The second-order valence-corrected chi connectivity index (χ2v) is 7.61. The van der Waals surface area contributed by atoms with Crippen molar-refractivity contribution in [1.82, 2.24) is 10.2 Å². The normalized spacial score (nSPS) is 18.2. The van der Waals surface area contributed by atoms with Crippen LogP contribution in [0.2, 0.25) is 0 Å². The number of amides is 1. The lowest BCUT2D eigenvalue weighted by atomic mass is 10.0. The maximum Gasteiger partial charge on any atom is 0.248 e. The van der Waals surface area contributed by atoms with Gasteiger partial charge in [-0.25, -0.2) is 0 Å². The van der Waals surface area contributed by atoms with Crippen LogP contribution in [0.4, 0.5) is 0 Å². The predicted molar refractivity (Wildman–Crippen MR) is 85.0 cm³/mol. The molecule has 1 aromatic rings. The van der Waals surface area contributed by atoms with Gasteiger partial charge in [0.25, 0.3) is 0 Å². The van der Waals surface area contributed by atoms with Crippen molar-refractivity contribution in [3.05, 3.63) is 20.8 Å². The van der Waals surface area contributed by atoms with Gasteiger partial charge in [0, 0.05) is 37.2 Å². The van der Waals surface area contributed by atoms with E-state index in [2.05, 4.69) is 40.3 Å². The van der Waals surface area contributed by atoms with Crippen molar-refractivity contribution < 1.29 is 9.53 Å². The van der Waals surface area contributed by atoms with Crippen molar-refractivity contribution in [1.29, 1.82) is 0 Å². The average molecular weight is 361 g/mol. The lowest BCUT2D eigenvalue weighted by Crippen LogP contribution is -2.46. The van der Waals surface area contributed by atoms with Gasteiger partial charge in [-0.1, -0.05) is 0 Å². The van der Waals surface area contributed by atoms with Gasteiger partial charge in [0.2, 0.25) is 5.91 Å². The van der Waals surface area contributed by atoms with E-state index in [9.17, 15) is 4.79 Å². The SMILES string of the molecule is COCC(=O)N1CCC(NC(C)c2ccc(Br)s2)CC1. The lowest BCUT2D eigenvalue weighted by Gasteiger charge is -2.33. The minimum absolute atomic E-state index is 0.0983. The Balaban J connectivity index is 1.78. The fourth-order valence-corrected chi connectivity index (χ4v) is 3.94. The number of hydrogen-bond donors (Lipinski definition) is 1. The molecule has 0 radical (unpaired) electrons. The first kappa shape index (κ1) is 15.9. The Morgan fingerprint density at radius 2 is 2.25 bits per heavy atom. The fraction of sp³-hybridized carbons (Fsp3) is 0.643. The van der Waals surface area contributed by atoms with Crippen LogP contribution in [0.5, 0.6) is 0 Å². The molecule has 0 aliphatic carbocycles. The molecule has 1 N–H and O–H groups in total. The number of halogens is 1. The van der Waals surface area contributed by atoms with Crippen molar-refractivity contribution in [3.8, 4) is 0 Å². The van der Waals surface area contributed by atoms with Crippen molar-refractivity contribution in [2.75, 3.05) is 26.8 Å². The first-order valence-corrected chi connectivity index (χ1v) is 8.49. The van der Waals surface area contributed by atoms with Crippen LogP contribution in [-0.2, 0) is 9.53 Å². The van der Waals surface area contributed by atoms with E-state index in [-0.39, 0.29) is 12.5 Å². The van der Waals surface area contributed by atoms with Crippen molar-refractivity contribution in [2.45, 2.75) is 31.8 Å². The van der Waals surface area contributed by atoms with Gasteiger partial charge in [0.05, 0.1) is 3.79 Å². The molecule has 112 valence electrons. The van der Waals surface area contributed by atoms with Gasteiger partial charge in [0.15, 0.2) is 0 Å². The summed E-state index contributed by atoms with van der Waals surface area (Å²) in [5, 5.41) is 3.66. The second kappa shape index (κ2) is 7.54. The molecule has 0 spiro atoms. The maximum atomic E-state index is 11.7. The van der Waals surface area contributed by atoms with Crippen LogP contribution in [-0.4, -0.2) is 43.7 Å². The Morgan fingerprint density at radius 1 is 1.55 bits per heavy atom. The number of carbonyl (C=O) groups is 1. The molecule has 1 unspecified atom stereocenters. The number of ether oxygens (including phenoxy) is 1. The Labute approximate surface area is 132 Å². The van der Waals surface area contributed by atoms with E-state index >= 15 is 0 Å². The molecule has 20 heavy (non-hydrogen) atoms. The number of carbonyl (C=O) groups excluding carboxylic acids is 1. The van der Waals surface area contributed by atoms with Gasteiger partial charge in [-0.15, -0.1) is 11.3 Å². The summed E-state index contributed by atoms with van der Waals surface area (Å²) in [5.74, 6) is 0.0983. The van der Waals surface area contributed by atoms with Gasteiger partial charge in [-0.3, -0.25) is 4.79 Å². The third-order valence-corrected chi connectivity index (χ3v) is 5.43. The van der Waals surface area contributed by atoms with E-state index in [1.807, 2.05) is 4.90 Å². The zero-order valence-electron chi connectivity index (χ0n) is 11.9. The summed E-state index contributed by atoms with van der Waals surface area (Å²) in [7, 11) is 1.56. The topological polar surface area (TPSA) is 41.6 Å². The van der Waals surface area contributed by atoms with E-state index in [0.717, 1.165) is 25.9 Å². The molecule has 2 heterocycles. The smallest absolute Gasteiger partial charge is 0.248 e.